The van der Waals surface area contributed by atoms with Gasteiger partial charge in [-0.25, -0.2) is 4.39 Å². The molecule has 1 atom stereocenters. The van der Waals surface area contributed by atoms with E-state index in [9.17, 15) is 4.39 Å². The Bertz CT molecular complexity index is 902. The van der Waals surface area contributed by atoms with Crippen LogP contribution < -0.4 is 4.90 Å². The zero-order chi connectivity index (χ0) is 22.0. The predicted octanol–water partition coefficient (Wildman–Crippen LogP) is 8.17. The fraction of sp³-hybridized carbons (Fsp3) is 0.407. The number of allylic oxidation sites excluding steroid dienone is 1. The first kappa shape index (κ1) is 22.9. The van der Waals surface area contributed by atoms with E-state index in [2.05, 4.69) is 64.3 Å². The molecule has 0 aliphatic heterocycles. The molecule has 1 aliphatic carbocycles. The molecule has 0 spiro atoms. The first-order chi connectivity index (χ1) is 13.6. The minimum absolute atomic E-state index is 0.0320. The Morgan fingerprint density at radius 2 is 1.62 bits per heavy atom. The van der Waals surface area contributed by atoms with E-state index in [4.69, 9.17) is 0 Å². The van der Waals surface area contributed by atoms with E-state index in [0.29, 0.717) is 0 Å². The molecule has 29 heavy (non-hydrogen) atoms. The third-order valence-electron chi connectivity index (χ3n) is 6.32. The van der Waals surface area contributed by atoms with Crippen LogP contribution in [0.3, 0.4) is 0 Å². The lowest BCUT2D eigenvalue weighted by Gasteiger charge is -2.29. The first-order valence-electron chi connectivity index (χ1n) is 10.6. The van der Waals surface area contributed by atoms with Crippen molar-refractivity contribution in [3.05, 3.63) is 83.3 Å². The third-order valence-corrected chi connectivity index (χ3v) is 6.32. The van der Waals surface area contributed by atoms with Crippen molar-refractivity contribution < 1.29 is 4.39 Å². The lowest BCUT2D eigenvalue weighted by molar-refractivity contribution is 0.523. The fourth-order valence-electron chi connectivity index (χ4n) is 4.29. The molecule has 2 aromatic carbocycles. The van der Waals surface area contributed by atoms with E-state index in [1.54, 1.807) is 12.1 Å². The van der Waals surface area contributed by atoms with Gasteiger partial charge in [-0.1, -0.05) is 65.5 Å². The molecule has 1 fully saturated rings. The van der Waals surface area contributed by atoms with Gasteiger partial charge < -0.3 is 4.90 Å². The highest BCUT2D eigenvalue weighted by Gasteiger charge is 2.59. The fourth-order valence-corrected chi connectivity index (χ4v) is 4.29. The third kappa shape index (κ3) is 4.17. The van der Waals surface area contributed by atoms with Gasteiger partial charge in [0.15, 0.2) is 0 Å². The van der Waals surface area contributed by atoms with Crippen LogP contribution in [0.25, 0.3) is 5.70 Å². The molecule has 3 rings (SSSR count). The Morgan fingerprint density at radius 1 is 1.07 bits per heavy atom. The molecule has 1 aliphatic rings. The van der Waals surface area contributed by atoms with Crippen LogP contribution in [0.2, 0.25) is 0 Å². The molecule has 0 heterocycles. The molecule has 2 aromatic rings. The van der Waals surface area contributed by atoms with Crippen molar-refractivity contribution >= 4 is 11.4 Å². The molecule has 0 saturated heterocycles. The van der Waals surface area contributed by atoms with Gasteiger partial charge in [-0.2, -0.15) is 0 Å². The van der Waals surface area contributed by atoms with Crippen molar-refractivity contribution in [2.45, 2.75) is 67.2 Å². The molecule has 156 valence electrons. The summed E-state index contributed by atoms with van der Waals surface area (Å²) in [5.41, 5.74) is 6.60. The number of rotatable bonds is 5. The maximum Gasteiger partial charge on any atom is 0.123 e. The van der Waals surface area contributed by atoms with Crippen LogP contribution >= 0.6 is 0 Å². The molecule has 0 amide bonds. The topological polar surface area (TPSA) is 3.24 Å². The molecule has 0 N–H and O–H groups in total. The van der Waals surface area contributed by atoms with Gasteiger partial charge in [0.25, 0.3) is 0 Å². The van der Waals surface area contributed by atoms with Crippen LogP contribution in [0.1, 0.15) is 70.2 Å². The van der Waals surface area contributed by atoms with Crippen LogP contribution in [-0.2, 0) is 5.41 Å². The SMILES string of the molecule is C=C(c1ccc(F)cc1C1(C)CC1(C)C)N(/C=C\C)c1c(C)cccc1C.CC. The maximum atomic E-state index is 14.2. The van der Waals surface area contributed by atoms with Crippen molar-refractivity contribution in [1.82, 2.24) is 0 Å². The zero-order valence-corrected chi connectivity index (χ0v) is 19.4. The van der Waals surface area contributed by atoms with E-state index < -0.39 is 0 Å². The molecule has 2 heteroatoms. The van der Waals surface area contributed by atoms with Crippen molar-refractivity contribution in [2.24, 2.45) is 5.41 Å². The molecule has 1 saturated carbocycles. The number of hydrogen-bond donors (Lipinski definition) is 0. The van der Waals surface area contributed by atoms with Gasteiger partial charge in [0, 0.05) is 17.5 Å². The highest BCUT2D eigenvalue weighted by Crippen LogP contribution is 2.65. The summed E-state index contributed by atoms with van der Waals surface area (Å²) in [4.78, 5) is 2.14. The highest BCUT2D eigenvalue weighted by molar-refractivity contribution is 5.84. The number of benzene rings is 2. The summed E-state index contributed by atoms with van der Waals surface area (Å²) >= 11 is 0. The number of halogens is 1. The lowest BCUT2D eigenvalue weighted by Crippen LogP contribution is -2.20. The van der Waals surface area contributed by atoms with E-state index in [0.717, 1.165) is 28.9 Å². The number of anilines is 1. The lowest BCUT2D eigenvalue weighted by atomic mass is 9.85. The molecule has 0 aromatic heterocycles. The molecule has 0 bridgehead atoms. The monoisotopic (exact) mass is 393 g/mol. The molecule has 0 radical (unpaired) electrons. The molecule has 1 unspecified atom stereocenters. The summed E-state index contributed by atoms with van der Waals surface area (Å²) in [6.07, 6.45) is 5.12. The second-order valence-corrected chi connectivity index (χ2v) is 8.62. The van der Waals surface area contributed by atoms with Crippen molar-refractivity contribution in [3.8, 4) is 0 Å². The van der Waals surface area contributed by atoms with E-state index in [1.165, 1.54) is 11.1 Å². The summed E-state index contributed by atoms with van der Waals surface area (Å²) in [5, 5.41) is 0. The van der Waals surface area contributed by atoms with Gasteiger partial charge >= 0.3 is 0 Å². The van der Waals surface area contributed by atoms with E-state index >= 15 is 0 Å². The van der Waals surface area contributed by atoms with Gasteiger partial charge in [-0.15, -0.1) is 0 Å². The number of para-hydroxylation sites is 1. The van der Waals surface area contributed by atoms with Gasteiger partial charge in [-0.3, -0.25) is 0 Å². The molecular weight excluding hydrogens is 357 g/mol. The Kier molecular flexibility index (Phi) is 6.78. The van der Waals surface area contributed by atoms with E-state index in [-0.39, 0.29) is 16.6 Å². The van der Waals surface area contributed by atoms with Crippen LogP contribution in [-0.4, -0.2) is 0 Å². The first-order valence-corrected chi connectivity index (χ1v) is 10.6. The second-order valence-electron chi connectivity index (χ2n) is 8.62. The summed E-state index contributed by atoms with van der Waals surface area (Å²) in [5.74, 6) is -0.185. The van der Waals surface area contributed by atoms with Crippen molar-refractivity contribution in [2.75, 3.05) is 4.90 Å². The Balaban J connectivity index is 0.00000145. The maximum absolute atomic E-state index is 14.2. The van der Waals surface area contributed by atoms with Crippen LogP contribution in [0.5, 0.6) is 0 Å². The average molecular weight is 394 g/mol. The van der Waals surface area contributed by atoms with Gasteiger partial charge in [0.2, 0.25) is 0 Å². The normalized spacial score (nSPS) is 19.5. The smallest absolute Gasteiger partial charge is 0.123 e. The summed E-state index contributed by atoms with van der Waals surface area (Å²) in [6.45, 7) is 21.4. The number of nitrogens with zero attached hydrogens (tertiary/aromatic N) is 1. The summed E-state index contributed by atoms with van der Waals surface area (Å²) in [6, 6.07) is 11.4. The summed E-state index contributed by atoms with van der Waals surface area (Å²) < 4.78 is 14.2. The predicted molar refractivity (Wildman–Crippen MR) is 126 cm³/mol. The van der Waals surface area contributed by atoms with Gasteiger partial charge in [0.1, 0.15) is 5.82 Å². The minimum atomic E-state index is -0.185. The number of aryl methyl sites for hydroxylation is 2. The quantitative estimate of drug-likeness (QED) is 0.495. The standard InChI is InChI=1S/C25H30FN.C2H6/c1-8-14-27(23-17(2)10-9-11-18(23)3)19(4)21-13-12-20(26)15-22(21)25(7)16-24(25,5)6;1-2/h8-15H,4,16H2,1-3,5-7H3;1-2H3/b14-8-;. The van der Waals surface area contributed by atoms with E-state index in [1.807, 2.05) is 39.1 Å². The highest BCUT2D eigenvalue weighted by atomic mass is 19.1. The van der Waals surface area contributed by atoms with Crippen molar-refractivity contribution in [1.29, 1.82) is 0 Å². The van der Waals surface area contributed by atoms with Crippen LogP contribution in [0.15, 0.2) is 55.3 Å². The Labute approximate surface area is 177 Å². The van der Waals surface area contributed by atoms with Crippen molar-refractivity contribution in [3.63, 3.8) is 0 Å². The average Bonchev–Trinajstić information content (AvgIpc) is 3.20. The van der Waals surface area contributed by atoms with Crippen LogP contribution in [0, 0.1) is 25.1 Å². The number of hydrogen-bond acceptors (Lipinski definition) is 1. The largest absolute Gasteiger partial charge is 0.317 e. The minimum Gasteiger partial charge on any atom is -0.317 e. The van der Waals surface area contributed by atoms with Gasteiger partial charge in [-0.05, 0) is 72.9 Å². The van der Waals surface area contributed by atoms with Gasteiger partial charge in [0.05, 0.1) is 5.69 Å². The molecule has 1 nitrogen and oxygen atoms in total. The molecular formula is C27H36FN. The van der Waals surface area contributed by atoms with Crippen LogP contribution in [0.4, 0.5) is 10.1 Å². The Morgan fingerprint density at radius 3 is 2.10 bits per heavy atom. The second kappa shape index (κ2) is 8.57. The Hall–Kier alpha value is -2.35. The summed E-state index contributed by atoms with van der Waals surface area (Å²) in [7, 11) is 0. The zero-order valence-electron chi connectivity index (χ0n) is 19.4.